The van der Waals surface area contributed by atoms with Crippen LogP contribution in [0.2, 0.25) is 0 Å². The molecule has 28 heavy (non-hydrogen) atoms. The maximum atomic E-state index is 12.9. The van der Waals surface area contributed by atoms with Gasteiger partial charge in [-0.05, 0) is 43.2 Å². The minimum atomic E-state index is -2.95. The molecule has 1 aliphatic heterocycles. The van der Waals surface area contributed by atoms with Gasteiger partial charge in [-0.15, -0.1) is 0 Å². The molecule has 1 aromatic heterocycles. The Hall–Kier alpha value is -2.68. The SMILES string of the molecule is CCNC(=NCc1ccc(Oc2ccc(F)cc2)nc1)NC1CCS(=O)(=O)C1. The summed E-state index contributed by atoms with van der Waals surface area (Å²) in [7, 11) is -2.95. The number of sulfone groups is 1. The van der Waals surface area contributed by atoms with E-state index in [0.717, 1.165) is 5.56 Å². The van der Waals surface area contributed by atoms with E-state index < -0.39 is 9.84 Å². The van der Waals surface area contributed by atoms with Crippen molar-refractivity contribution >= 4 is 15.8 Å². The summed E-state index contributed by atoms with van der Waals surface area (Å²) in [5, 5.41) is 6.30. The zero-order chi connectivity index (χ0) is 20.0. The lowest BCUT2D eigenvalue weighted by molar-refractivity contribution is 0.461. The summed E-state index contributed by atoms with van der Waals surface area (Å²) in [6, 6.07) is 9.16. The van der Waals surface area contributed by atoms with Crippen LogP contribution in [-0.4, -0.2) is 43.5 Å². The first kappa shape index (κ1) is 20.1. The number of nitrogens with one attached hydrogen (secondary N) is 2. The second kappa shape index (κ2) is 9.01. The fourth-order valence-corrected chi connectivity index (χ4v) is 4.45. The van der Waals surface area contributed by atoms with Gasteiger partial charge in [0.2, 0.25) is 5.88 Å². The molecular weight excluding hydrogens is 383 g/mol. The predicted molar refractivity (Wildman–Crippen MR) is 106 cm³/mol. The van der Waals surface area contributed by atoms with E-state index in [9.17, 15) is 12.8 Å². The van der Waals surface area contributed by atoms with Gasteiger partial charge in [-0.25, -0.2) is 22.8 Å². The Morgan fingerprint density at radius 3 is 2.68 bits per heavy atom. The van der Waals surface area contributed by atoms with Crippen molar-refractivity contribution in [3.05, 3.63) is 54.0 Å². The standard InChI is InChI=1S/C19H23FN4O3S/c1-2-21-19(24-16-9-10-28(25,26)13-16)23-12-14-3-8-18(22-11-14)27-17-6-4-15(20)5-7-17/h3-8,11,16H,2,9-10,12-13H2,1H3,(H2,21,23,24). The molecule has 0 bridgehead atoms. The van der Waals surface area contributed by atoms with E-state index in [1.54, 1.807) is 12.3 Å². The molecule has 3 rings (SSSR count). The number of aliphatic imine (C=N–C) groups is 1. The Kier molecular flexibility index (Phi) is 6.45. The molecular formula is C19H23FN4O3S. The van der Waals surface area contributed by atoms with Gasteiger partial charge in [0.25, 0.3) is 0 Å². The number of benzene rings is 1. The minimum Gasteiger partial charge on any atom is -0.439 e. The lowest BCUT2D eigenvalue weighted by atomic mass is 10.2. The lowest BCUT2D eigenvalue weighted by Gasteiger charge is -2.15. The summed E-state index contributed by atoms with van der Waals surface area (Å²) >= 11 is 0. The van der Waals surface area contributed by atoms with E-state index in [-0.39, 0.29) is 23.4 Å². The molecule has 0 amide bonds. The van der Waals surface area contributed by atoms with Gasteiger partial charge in [0.15, 0.2) is 15.8 Å². The molecule has 2 heterocycles. The van der Waals surface area contributed by atoms with E-state index in [0.29, 0.717) is 37.1 Å². The van der Waals surface area contributed by atoms with Crippen molar-refractivity contribution in [3.8, 4) is 11.6 Å². The highest BCUT2D eigenvalue weighted by atomic mass is 32.2. The molecule has 1 fully saturated rings. The van der Waals surface area contributed by atoms with Crippen LogP contribution in [0.5, 0.6) is 11.6 Å². The van der Waals surface area contributed by atoms with Crippen molar-refractivity contribution in [1.82, 2.24) is 15.6 Å². The van der Waals surface area contributed by atoms with Crippen molar-refractivity contribution in [2.45, 2.75) is 25.9 Å². The number of pyridine rings is 1. The summed E-state index contributed by atoms with van der Waals surface area (Å²) in [5.74, 6) is 1.51. The van der Waals surface area contributed by atoms with Crippen LogP contribution in [0.1, 0.15) is 18.9 Å². The maximum absolute atomic E-state index is 12.9. The van der Waals surface area contributed by atoms with E-state index in [1.165, 1.54) is 24.3 Å². The summed E-state index contributed by atoms with van der Waals surface area (Å²) < 4.78 is 41.7. The van der Waals surface area contributed by atoms with E-state index >= 15 is 0 Å². The number of halogens is 1. The van der Waals surface area contributed by atoms with Crippen LogP contribution in [0.4, 0.5) is 4.39 Å². The molecule has 2 N–H and O–H groups in total. The van der Waals surface area contributed by atoms with Crippen molar-refractivity contribution in [2.75, 3.05) is 18.1 Å². The maximum Gasteiger partial charge on any atom is 0.219 e. The third-order valence-electron chi connectivity index (χ3n) is 4.17. The Labute approximate surface area is 164 Å². The van der Waals surface area contributed by atoms with Crippen LogP contribution in [0, 0.1) is 5.82 Å². The molecule has 1 saturated heterocycles. The van der Waals surface area contributed by atoms with Gasteiger partial charge >= 0.3 is 0 Å². The van der Waals surface area contributed by atoms with E-state index in [2.05, 4.69) is 20.6 Å². The molecule has 1 atom stereocenters. The monoisotopic (exact) mass is 406 g/mol. The van der Waals surface area contributed by atoms with Crippen LogP contribution in [0.25, 0.3) is 0 Å². The fraction of sp³-hybridized carbons (Fsp3) is 0.368. The fourth-order valence-electron chi connectivity index (χ4n) is 2.78. The van der Waals surface area contributed by atoms with Gasteiger partial charge < -0.3 is 15.4 Å². The molecule has 0 saturated carbocycles. The number of nitrogens with zero attached hydrogens (tertiary/aromatic N) is 2. The van der Waals surface area contributed by atoms with Crippen molar-refractivity contribution in [2.24, 2.45) is 4.99 Å². The number of aromatic nitrogens is 1. The molecule has 1 aliphatic rings. The molecule has 2 aromatic rings. The van der Waals surface area contributed by atoms with Crippen LogP contribution < -0.4 is 15.4 Å². The molecule has 0 spiro atoms. The number of guanidine groups is 1. The normalized spacial score (nSPS) is 18.6. The summed E-state index contributed by atoms with van der Waals surface area (Å²) in [6.07, 6.45) is 2.25. The third-order valence-corrected chi connectivity index (χ3v) is 5.94. The average molecular weight is 406 g/mol. The van der Waals surface area contributed by atoms with E-state index in [1.807, 2.05) is 13.0 Å². The molecule has 150 valence electrons. The van der Waals surface area contributed by atoms with Crippen molar-refractivity contribution < 1.29 is 17.5 Å². The minimum absolute atomic E-state index is 0.118. The third kappa shape index (κ3) is 5.91. The van der Waals surface area contributed by atoms with E-state index in [4.69, 9.17) is 4.74 Å². The molecule has 1 aromatic carbocycles. The quantitative estimate of drug-likeness (QED) is 0.565. The Morgan fingerprint density at radius 2 is 2.07 bits per heavy atom. The number of hydrogen-bond donors (Lipinski definition) is 2. The van der Waals surface area contributed by atoms with Gasteiger partial charge in [-0.3, -0.25) is 0 Å². The second-order valence-electron chi connectivity index (χ2n) is 6.50. The summed E-state index contributed by atoms with van der Waals surface area (Å²) in [4.78, 5) is 8.73. The topological polar surface area (TPSA) is 92.7 Å². The van der Waals surface area contributed by atoms with Gasteiger partial charge in [0.1, 0.15) is 11.6 Å². The van der Waals surface area contributed by atoms with Crippen molar-refractivity contribution in [3.63, 3.8) is 0 Å². The molecule has 1 unspecified atom stereocenters. The van der Waals surface area contributed by atoms with Crippen LogP contribution >= 0.6 is 0 Å². The summed E-state index contributed by atoms with van der Waals surface area (Å²) in [6.45, 7) is 3.01. The molecule has 0 radical (unpaired) electrons. The number of ether oxygens (including phenoxy) is 1. The van der Waals surface area contributed by atoms with Crippen LogP contribution in [0.15, 0.2) is 47.6 Å². The van der Waals surface area contributed by atoms with Crippen LogP contribution in [0.3, 0.4) is 0 Å². The van der Waals surface area contributed by atoms with Crippen LogP contribution in [-0.2, 0) is 16.4 Å². The zero-order valence-electron chi connectivity index (χ0n) is 15.6. The molecule has 7 nitrogen and oxygen atoms in total. The highest BCUT2D eigenvalue weighted by molar-refractivity contribution is 7.91. The van der Waals surface area contributed by atoms with Gasteiger partial charge in [-0.1, -0.05) is 6.07 Å². The van der Waals surface area contributed by atoms with Gasteiger partial charge in [-0.2, -0.15) is 0 Å². The van der Waals surface area contributed by atoms with Gasteiger partial charge in [0, 0.05) is 24.8 Å². The number of hydrogen-bond acceptors (Lipinski definition) is 5. The molecule has 0 aliphatic carbocycles. The lowest BCUT2D eigenvalue weighted by Crippen LogP contribution is -2.44. The largest absolute Gasteiger partial charge is 0.439 e. The average Bonchev–Trinajstić information content (AvgIpc) is 3.01. The number of rotatable bonds is 6. The highest BCUT2D eigenvalue weighted by Gasteiger charge is 2.28. The van der Waals surface area contributed by atoms with Gasteiger partial charge in [0.05, 0.1) is 18.1 Å². The highest BCUT2D eigenvalue weighted by Crippen LogP contribution is 2.19. The predicted octanol–water partition coefficient (Wildman–Crippen LogP) is 2.26. The Bertz CT molecular complexity index is 915. The molecule has 9 heteroatoms. The zero-order valence-corrected chi connectivity index (χ0v) is 16.4. The Morgan fingerprint density at radius 1 is 1.29 bits per heavy atom. The first-order valence-corrected chi connectivity index (χ1v) is 10.9. The second-order valence-corrected chi connectivity index (χ2v) is 8.73. The Balaban J connectivity index is 1.58. The first-order chi connectivity index (χ1) is 13.4. The summed E-state index contributed by atoms with van der Waals surface area (Å²) in [5.41, 5.74) is 0.878. The van der Waals surface area contributed by atoms with Crippen molar-refractivity contribution in [1.29, 1.82) is 0 Å². The first-order valence-electron chi connectivity index (χ1n) is 9.07. The smallest absolute Gasteiger partial charge is 0.219 e.